The first kappa shape index (κ1) is 10.7. The Hall–Kier alpha value is -0.350. The molecule has 1 N–H and O–H groups in total. The van der Waals surface area contributed by atoms with Crippen molar-refractivity contribution < 1.29 is 4.79 Å². The minimum Gasteiger partial charge on any atom is -0.349 e. The van der Waals surface area contributed by atoms with E-state index in [9.17, 15) is 4.79 Å². The molecule has 13 heavy (non-hydrogen) atoms. The van der Waals surface area contributed by atoms with Gasteiger partial charge in [-0.3, -0.25) is 4.79 Å². The molecular weight excluding hydrogens is 250 g/mol. The van der Waals surface area contributed by atoms with Gasteiger partial charge in [-0.1, -0.05) is 22.0 Å². The Kier molecular flexibility index (Phi) is 4.45. The Balaban J connectivity index is 2.42. The van der Waals surface area contributed by atoms with Crippen molar-refractivity contribution in [1.82, 2.24) is 5.32 Å². The average Bonchev–Trinajstić information content (AvgIpc) is 2.55. The van der Waals surface area contributed by atoms with Crippen molar-refractivity contribution in [2.45, 2.75) is 19.4 Å². The number of rotatable bonds is 4. The Morgan fingerprint density at radius 1 is 1.77 bits per heavy atom. The van der Waals surface area contributed by atoms with E-state index in [2.05, 4.69) is 21.2 Å². The van der Waals surface area contributed by atoms with Crippen molar-refractivity contribution in [3.05, 3.63) is 22.4 Å². The first-order chi connectivity index (χ1) is 6.24. The summed E-state index contributed by atoms with van der Waals surface area (Å²) in [4.78, 5) is 12.4. The number of carbonyl (C=O) groups is 1. The van der Waals surface area contributed by atoms with E-state index in [1.165, 1.54) is 4.88 Å². The molecule has 0 bridgehead atoms. The molecular formula is C9H12BrNOS. The smallest absolute Gasteiger partial charge is 0.221 e. The van der Waals surface area contributed by atoms with Crippen molar-refractivity contribution >= 4 is 33.2 Å². The highest BCUT2D eigenvalue weighted by Crippen LogP contribution is 2.17. The van der Waals surface area contributed by atoms with Gasteiger partial charge in [0.2, 0.25) is 5.91 Å². The number of hydrogen-bond acceptors (Lipinski definition) is 2. The quantitative estimate of drug-likeness (QED) is 0.830. The molecule has 1 aromatic rings. The van der Waals surface area contributed by atoms with Crippen LogP contribution in [0.3, 0.4) is 0 Å². The van der Waals surface area contributed by atoms with Crippen LogP contribution in [0.4, 0.5) is 0 Å². The fourth-order valence-electron chi connectivity index (χ4n) is 1.01. The third-order valence-electron chi connectivity index (χ3n) is 1.67. The van der Waals surface area contributed by atoms with Gasteiger partial charge in [-0.05, 0) is 18.4 Å². The van der Waals surface area contributed by atoms with Gasteiger partial charge in [-0.25, -0.2) is 0 Å². The van der Waals surface area contributed by atoms with Gasteiger partial charge in [0.1, 0.15) is 0 Å². The molecule has 4 heteroatoms. The normalized spacial score (nSPS) is 12.5. The summed E-state index contributed by atoms with van der Waals surface area (Å²) in [7, 11) is 0. The van der Waals surface area contributed by atoms with Crippen LogP contribution in [-0.2, 0) is 4.79 Å². The number of hydrogen-bond donors (Lipinski definition) is 1. The maximum atomic E-state index is 11.2. The molecule has 0 spiro atoms. The largest absolute Gasteiger partial charge is 0.349 e. The summed E-state index contributed by atoms with van der Waals surface area (Å²) < 4.78 is 0. The fourth-order valence-corrected chi connectivity index (χ4v) is 2.10. The summed E-state index contributed by atoms with van der Waals surface area (Å²) in [6, 6.07) is 4.16. The van der Waals surface area contributed by atoms with Crippen LogP contribution in [0, 0.1) is 0 Å². The number of alkyl halides is 1. The van der Waals surface area contributed by atoms with Gasteiger partial charge in [0, 0.05) is 16.6 Å². The van der Waals surface area contributed by atoms with E-state index < -0.39 is 0 Å². The number of carbonyl (C=O) groups excluding carboxylic acids is 1. The standard InChI is InChI=1S/C9H12BrNOS/c1-7(8-3-2-6-13-8)11-9(12)4-5-10/h2-3,6-7H,4-5H2,1H3,(H,11,12)/t7-/m0/s1. The molecule has 72 valence electrons. The molecule has 0 saturated carbocycles. The highest BCUT2D eigenvalue weighted by molar-refractivity contribution is 9.09. The van der Waals surface area contributed by atoms with Crippen LogP contribution in [-0.4, -0.2) is 11.2 Å². The van der Waals surface area contributed by atoms with Gasteiger partial charge >= 0.3 is 0 Å². The van der Waals surface area contributed by atoms with Gasteiger partial charge in [0.15, 0.2) is 0 Å². The number of amides is 1. The lowest BCUT2D eigenvalue weighted by atomic mass is 10.2. The van der Waals surface area contributed by atoms with Gasteiger partial charge in [-0.2, -0.15) is 0 Å². The fraction of sp³-hybridized carbons (Fsp3) is 0.444. The topological polar surface area (TPSA) is 29.1 Å². The number of halogens is 1. The molecule has 0 aliphatic carbocycles. The molecule has 0 unspecified atom stereocenters. The molecule has 1 atom stereocenters. The number of nitrogens with one attached hydrogen (secondary N) is 1. The average molecular weight is 262 g/mol. The summed E-state index contributed by atoms with van der Waals surface area (Å²) >= 11 is 4.90. The Morgan fingerprint density at radius 2 is 2.54 bits per heavy atom. The second-order valence-electron chi connectivity index (χ2n) is 2.74. The molecule has 1 rings (SSSR count). The maximum absolute atomic E-state index is 11.2. The molecule has 0 aliphatic heterocycles. The first-order valence-corrected chi connectivity index (χ1v) is 6.13. The van der Waals surface area contributed by atoms with Crippen molar-refractivity contribution in [2.75, 3.05) is 5.33 Å². The van der Waals surface area contributed by atoms with Crippen molar-refractivity contribution in [1.29, 1.82) is 0 Å². The molecule has 1 heterocycles. The van der Waals surface area contributed by atoms with Crippen molar-refractivity contribution in [2.24, 2.45) is 0 Å². The summed E-state index contributed by atoms with van der Waals surface area (Å²) in [5, 5.41) is 5.66. The Morgan fingerprint density at radius 3 is 3.08 bits per heavy atom. The van der Waals surface area contributed by atoms with Crippen LogP contribution >= 0.6 is 27.3 Å². The van der Waals surface area contributed by atoms with Crippen LogP contribution in [0.15, 0.2) is 17.5 Å². The van der Waals surface area contributed by atoms with E-state index in [1.807, 2.05) is 24.4 Å². The second kappa shape index (κ2) is 5.40. The molecule has 1 aromatic heterocycles. The molecule has 0 saturated heterocycles. The lowest BCUT2D eigenvalue weighted by Crippen LogP contribution is -2.25. The lowest BCUT2D eigenvalue weighted by Gasteiger charge is -2.10. The molecule has 0 fully saturated rings. The number of thiophene rings is 1. The minimum atomic E-state index is 0.0952. The van der Waals surface area contributed by atoms with Crippen molar-refractivity contribution in [3.63, 3.8) is 0 Å². The molecule has 0 aliphatic rings. The zero-order chi connectivity index (χ0) is 9.68. The van der Waals surface area contributed by atoms with Gasteiger partial charge in [0.25, 0.3) is 0 Å². The molecule has 2 nitrogen and oxygen atoms in total. The van der Waals surface area contributed by atoms with E-state index in [0.717, 1.165) is 5.33 Å². The molecule has 1 amide bonds. The molecule has 0 aromatic carbocycles. The summed E-state index contributed by atoms with van der Waals surface area (Å²) in [5.74, 6) is 0.0952. The summed E-state index contributed by atoms with van der Waals surface area (Å²) in [5.41, 5.74) is 0. The van der Waals surface area contributed by atoms with E-state index in [0.29, 0.717) is 6.42 Å². The van der Waals surface area contributed by atoms with Gasteiger partial charge < -0.3 is 5.32 Å². The minimum absolute atomic E-state index is 0.0952. The van der Waals surface area contributed by atoms with Crippen LogP contribution in [0.5, 0.6) is 0 Å². The maximum Gasteiger partial charge on any atom is 0.221 e. The molecule has 0 radical (unpaired) electrons. The van der Waals surface area contributed by atoms with Crippen molar-refractivity contribution in [3.8, 4) is 0 Å². The summed E-state index contributed by atoms with van der Waals surface area (Å²) in [6.45, 7) is 2.00. The third kappa shape index (κ3) is 3.48. The highest BCUT2D eigenvalue weighted by atomic mass is 79.9. The van der Waals surface area contributed by atoms with E-state index in [-0.39, 0.29) is 11.9 Å². The second-order valence-corrected chi connectivity index (χ2v) is 4.52. The lowest BCUT2D eigenvalue weighted by molar-refractivity contribution is -0.121. The highest BCUT2D eigenvalue weighted by Gasteiger charge is 2.08. The van der Waals surface area contributed by atoms with Gasteiger partial charge in [-0.15, -0.1) is 11.3 Å². The van der Waals surface area contributed by atoms with Crippen LogP contribution in [0.25, 0.3) is 0 Å². The Bertz CT molecular complexity index is 261. The monoisotopic (exact) mass is 261 g/mol. The first-order valence-electron chi connectivity index (χ1n) is 4.12. The predicted octanol–water partition coefficient (Wildman–Crippen LogP) is 2.71. The summed E-state index contributed by atoms with van der Waals surface area (Å²) in [6.07, 6.45) is 0.537. The SMILES string of the molecule is C[C@H](NC(=O)CCBr)c1cccs1. The van der Waals surface area contributed by atoms with Crippen LogP contribution < -0.4 is 5.32 Å². The van der Waals surface area contributed by atoms with Gasteiger partial charge in [0.05, 0.1) is 6.04 Å². The van der Waals surface area contributed by atoms with E-state index in [4.69, 9.17) is 0 Å². The Labute approximate surface area is 90.5 Å². The zero-order valence-electron chi connectivity index (χ0n) is 7.42. The van der Waals surface area contributed by atoms with E-state index >= 15 is 0 Å². The van der Waals surface area contributed by atoms with Crippen LogP contribution in [0.1, 0.15) is 24.3 Å². The zero-order valence-corrected chi connectivity index (χ0v) is 9.82. The van der Waals surface area contributed by atoms with E-state index in [1.54, 1.807) is 11.3 Å². The van der Waals surface area contributed by atoms with Crippen LogP contribution in [0.2, 0.25) is 0 Å². The predicted molar refractivity (Wildman–Crippen MR) is 59.3 cm³/mol. The third-order valence-corrected chi connectivity index (χ3v) is 3.12.